The minimum atomic E-state index is -0.347. The van der Waals surface area contributed by atoms with Gasteiger partial charge < -0.3 is 29.6 Å². The van der Waals surface area contributed by atoms with E-state index in [4.69, 9.17) is 14.6 Å². The number of hydrogen-bond donors (Lipinski definition) is 3. The Hall–Kier alpha value is -3.91. The van der Waals surface area contributed by atoms with Crippen LogP contribution in [0.4, 0.5) is 0 Å². The number of benzene rings is 2. The molecule has 0 aliphatic carbocycles. The van der Waals surface area contributed by atoms with Crippen LogP contribution in [-0.4, -0.2) is 54.0 Å². The van der Waals surface area contributed by atoms with Gasteiger partial charge in [0.1, 0.15) is 5.78 Å². The zero-order valence-corrected chi connectivity index (χ0v) is 19.4. The van der Waals surface area contributed by atoms with Crippen LogP contribution < -0.4 is 9.47 Å². The van der Waals surface area contributed by atoms with Gasteiger partial charge in [-0.05, 0) is 61.4 Å². The summed E-state index contributed by atoms with van der Waals surface area (Å²) >= 11 is 0. The van der Waals surface area contributed by atoms with Gasteiger partial charge in [0.05, 0.1) is 20.6 Å². The van der Waals surface area contributed by atoms with Crippen molar-refractivity contribution in [2.24, 2.45) is 0 Å². The molecule has 0 bridgehead atoms. The molecule has 0 heterocycles. The van der Waals surface area contributed by atoms with Crippen molar-refractivity contribution in [1.29, 1.82) is 0 Å². The number of phenols is 2. The lowest BCUT2D eigenvalue weighted by atomic mass is 10.1. The van der Waals surface area contributed by atoms with Crippen molar-refractivity contribution in [3.63, 3.8) is 0 Å². The molecule has 0 unspecified atom stereocenters. The average molecular weight is 459 g/mol. The lowest BCUT2D eigenvalue weighted by molar-refractivity contribution is -0.122. The summed E-state index contributed by atoms with van der Waals surface area (Å²) in [6, 6.07) is 9.34. The van der Waals surface area contributed by atoms with Crippen LogP contribution in [-0.2, 0) is 14.4 Å². The first kappa shape index (κ1) is 29.1. The zero-order chi connectivity index (χ0) is 25.4. The summed E-state index contributed by atoms with van der Waals surface area (Å²) in [6.07, 6.45) is 5.44. The Morgan fingerprint density at radius 2 is 1.09 bits per heavy atom. The molecule has 2 aromatic carbocycles. The van der Waals surface area contributed by atoms with Gasteiger partial charge in [-0.3, -0.25) is 9.59 Å². The average Bonchev–Trinajstić information content (AvgIpc) is 2.79. The predicted octanol–water partition coefficient (Wildman–Crippen LogP) is 3.57. The molecule has 3 N–H and O–H groups in total. The first-order chi connectivity index (χ1) is 15.7. The molecule has 178 valence electrons. The maximum absolute atomic E-state index is 11.9. The van der Waals surface area contributed by atoms with Gasteiger partial charge in [-0.15, -0.1) is 0 Å². The molecule has 0 radical (unpaired) electrons. The lowest BCUT2D eigenvalue weighted by Gasteiger charge is -2.03. The number of aliphatic hydroxyl groups excluding tert-OH is 1. The Labute approximate surface area is 193 Å². The molecular formula is C25H30O8. The third-order valence-electron chi connectivity index (χ3n) is 3.68. The third-order valence-corrected chi connectivity index (χ3v) is 3.68. The summed E-state index contributed by atoms with van der Waals surface area (Å²) in [5, 5.41) is 26.1. The van der Waals surface area contributed by atoms with E-state index in [1.54, 1.807) is 36.4 Å². The normalized spacial score (nSPS) is 10.0. The maximum atomic E-state index is 11.9. The highest BCUT2D eigenvalue weighted by atomic mass is 16.5. The summed E-state index contributed by atoms with van der Waals surface area (Å²) in [7, 11) is 3.87. The minimum Gasteiger partial charge on any atom is -0.504 e. The van der Waals surface area contributed by atoms with E-state index in [0.717, 1.165) is 7.11 Å². The molecule has 0 aliphatic rings. The van der Waals surface area contributed by atoms with E-state index >= 15 is 0 Å². The molecule has 0 spiro atoms. The van der Waals surface area contributed by atoms with Gasteiger partial charge in [0, 0.05) is 7.11 Å². The molecule has 8 nitrogen and oxygen atoms in total. The van der Waals surface area contributed by atoms with Crippen LogP contribution in [0.15, 0.2) is 48.6 Å². The number of phenolic OH excluding ortho intramolecular Hbond substituents is 2. The fourth-order valence-electron chi connectivity index (χ4n) is 2.26. The first-order valence-electron chi connectivity index (χ1n) is 9.74. The van der Waals surface area contributed by atoms with Crippen LogP contribution in [0.1, 0.15) is 31.4 Å². The SMILES string of the molecule is CC(C)=O.CO.COc1cc(/C=C/C(=O)CC(=O)/C=C/c2ccc(O)c(OC)c2)ccc1O. The van der Waals surface area contributed by atoms with Gasteiger partial charge in [0.25, 0.3) is 0 Å². The van der Waals surface area contributed by atoms with Crippen LogP contribution in [0.5, 0.6) is 23.0 Å². The summed E-state index contributed by atoms with van der Waals surface area (Å²) in [5.74, 6) is 0.0835. The quantitative estimate of drug-likeness (QED) is 0.404. The number of hydrogen-bond acceptors (Lipinski definition) is 8. The number of Topliss-reactive ketones (excluding diaryl/α,β-unsaturated/α-hetero) is 1. The molecule has 0 amide bonds. The number of aromatic hydroxyl groups is 2. The van der Waals surface area contributed by atoms with E-state index in [2.05, 4.69) is 0 Å². The molecule has 2 rings (SSSR count). The van der Waals surface area contributed by atoms with Gasteiger partial charge in [-0.1, -0.05) is 24.3 Å². The second kappa shape index (κ2) is 15.8. The molecule has 0 saturated heterocycles. The van der Waals surface area contributed by atoms with Crippen LogP contribution in [0.25, 0.3) is 12.2 Å². The molecule has 0 aromatic heterocycles. The van der Waals surface area contributed by atoms with Crippen LogP contribution in [0.2, 0.25) is 0 Å². The molecule has 0 aliphatic heterocycles. The first-order valence-corrected chi connectivity index (χ1v) is 9.74. The van der Waals surface area contributed by atoms with Crippen molar-refractivity contribution in [3.05, 3.63) is 59.7 Å². The number of methoxy groups -OCH3 is 2. The number of carbonyl (C=O) groups is 3. The van der Waals surface area contributed by atoms with Gasteiger partial charge in [0.15, 0.2) is 34.6 Å². The molecule has 0 atom stereocenters. The van der Waals surface area contributed by atoms with Crippen LogP contribution >= 0.6 is 0 Å². The summed E-state index contributed by atoms with van der Waals surface area (Å²) in [5.41, 5.74) is 1.33. The number of allylic oxidation sites excluding steroid dienone is 2. The van der Waals surface area contributed by atoms with Crippen molar-refractivity contribution in [2.75, 3.05) is 21.3 Å². The zero-order valence-electron chi connectivity index (χ0n) is 19.4. The van der Waals surface area contributed by atoms with Crippen molar-refractivity contribution >= 4 is 29.5 Å². The smallest absolute Gasteiger partial charge is 0.163 e. The largest absolute Gasteiger partial charge is 0.504 e. The van der Waals surface area contributed by atoms with E-state index in [1.807, 2.05) is 0 Å². The molecule has 0 fully saturated rings. The summed E-state index contributed by atoms with van der Waals surface area (Å²) in [6.45, 7) is 3.06. The summed E-state index contributed by atoms with van der Waals surface area (Å²) < 4.78 is 10.00. The van der Waals surface area contributed by atoms with Gasteiger partial charge in [-0.25, -0.2) is 0 Å². The lowest BCUT2D eigenvalue weighted by Crippen LogP contribution is -2.01. The van der Waals surface area contributed by atoms with Crippen molar-refractivity contribution in [2.45, 2.75) is 20.3 Å². The van der Waals surface area contributed by atoms with Gasteiger partial charge in [-0.2, -0.15) is 0 Å². The Bertz CT molecular complexity index is 912. The standard InChI is InChI=1S/C21H20O6.C3H6O.CH4O/c1-26-20-11-14(5-9-18(20)24)3-7-16(22)13-17(23)8-4-15-6-10-19(25)21(12-15)27-2;1-3(2)4;1-2/h3-12,24-25H,13H2,1-2H3;1-2H3;2H,1H3/b7-3+,8-4+;;. The third kappa shape index (κ3) is 11.9. The monoisotopic (exact) mass is 458 g/mol. The minimum absolute atomic E-state index is 0.00662. The van der Waals surface area contributed by atoms with Crippen molar-refractivity contribution in [3.8, 4) is 23.0 Å². The summed E-state index contributed by atoms with van der Waals surface area (Å²) in [4.78, 5) is 33.3. The number of ketones is 3. The van der Waals surface area contributed by atoms with E-state index in [0.29, 0.717) is 22.6 Å². The van der Waals surface area contributed by atoms with Gasteiger partial charge in [0.2, 0.25) is 0 Å². The van der Waals surface area contributed by atoms with Crippen molar-refractivity contribution in [1.82, 2.24) is 0 Å². The predicted molar refractivity (Wildman–Crippen MR) is 127 cm³/mol. The fourth-order valence-corrected chi connectivity index (χ4v) is 2.26. The van der Waals surface area contributed by atoms with Crippen LogP contribution in [0, 0.1) is 0 Å². The molecule has 33 heavy (non-hydrogen) atoms. The van der Waals surface area contributed by atoms with E-state index in [9.17, 15) is 24.6 Å². The number of rotatable bonds is 8. The Morgan fingerprint density at radius 3 is 1.39 bits per heavy atom. The highest BCUT2D eigenvalue weighted by Crippen LogP contribution is 2.27. The highest BCUT2D eigenvalue weighted by Gasteiger charge is 2.06. The van der Waals surface area contributed by atoms with Gasteiger partial charge >= 0.3 is 0 Å². The molecule has 8 heteroatoms. The van der Waals surface area contributed by atoms with E-state index in [1.165, 1.54) is 52.4 Å². The fraction of sp³-hybridized carbons (Fsp3) is 0.240. The molecular weight excluding hydrogens is 428 g/mol. The Morgan fingerprint density at radius 1 is 0.758 bits per heavy atom. The Kier molecular flexibility index (Phi) is 14.0. The Balaban J connectivity index is 0.00000154. The highest BCUT2D eigenvalue weighted by molar-refractivity contribution is 6.10. The van der Waals surface area contributed by atoms with Crippen LogP contribution in [0.3, 0.4) is 0 Å². The van der Waals surface area contributed by atoms with E-state index in [-0.39, 0.29) is 35.3 Å². The van der Waals surface area contributed by atoms with E-state index < -0.39 is 0 Å². The molecule has 2 aromatic rings. The number of ether oxygens (including phenoxy) is 2. The molecule has 0 saturated carbocycles. The maximum Gasteiger partial charge on any atom is 0.163 e. The number of aliphatic hydroxyl groups is 1. The number of carbonyl (C=O) groups excluding carboxylic acids is 3. The topological polar surface area (TPSA) is 130 Å². The second-order valence-corrected chi connectivity index (χ2v) is 6.55. The van der Waals surface area contributed by atoms with Crippen molar-refractivity contribution < 1.29 is 39.2 Å². The second-order valence-electron chi connectivity index (χ2n) is 6.55.